The first-order valence-corrected chi connectivity index (χ1v) is 9.14. The molecule has 0 spiro atoms. The first kappa shape index (κ1) is 17.9. The number of nitrogens with zero attached hydrogens (tertiary/aromatic N) is 5. The van der Waals surface area contributed by atoms with Gasteiger partial charge in [-0.3, -0.25) is 4.79 Å². The Kier molecular flexibility index (Phi) is 4.39. The van der Waals surface area contributed by atoms with Gasteiger partial charge in [0.1, 0.15) is 5.69 Å². The Morgan fingerprint density at radius 2 is 2.04 bits per heavy atom. The molecule has 1 aromatic carbocycles. The molecule has 0 bridgehead atoms. The van der Waals surface area contributed by atoms with Crippen molar-refractivity contribution in [1.82, 2.24) is 24.6 Å². The summed E-state index contributed by atoms with van der Waals surface area (Å²) in [5.41, 5.74) is 1.17. The van der Waals surface area contributed by atoms with E-state index in [2.05, 4.69) is 15.2 Å². The average Bonchev–Trinajstić information content (AvgIpc) is 3.29. The lowest BCUT2D eigenvalue weighted by Crippen LogP contribution is -2.38. The van der Waals surface area contributed by atoms with E-state index in [1.54, 1.807) is 5.51 Å². The average molecular weight is 414 g/mol. The van der Waals surface area contributed by atoms with Crippen LogP contribution in [0, 0.1) is 0 Å². The minimum Gasteiger partial charge on any atom is -0.329 e. The van der Waals surface area contributed by atoms with Crippen molar-refractivity contribution in [3.05, 3.63) is 51.1 Å². The number of amides is 1. The van der Waals surface area contributed by atoms with Crippen molar-refractivity contribution < 1.29 is 18.0 Å². The molecule has 1 aliphatic heterocycles. The summed E-state index contributed by atoms with van der Waals surface area (Å²) in [7, 11) is 0. The molecule has 27 heavy (non-hydrogen) atoms. The molecular weight excluding hydrogens is 403 g/mol. The summed E-state index contributed by atoms with van der Waals surface area (Å²) in [6, 6.07) is 3.32. The second-order valence-corrected chi connectivity index (χ2v) is 6.95. The molecule has 2 aromatic heterocycles. The number of fused-ring (bicyclic) bond motifs is 1. The number of carbonyl (C=O) groups is 1. The van der Waals surface area contributed by atoms with Crippen molar-refractivity contribution in [3.8, 4) is 11.5 Å². The molecule has 0 aliphatic carbocycles. The molecule has 11 heteroatoms. The summed E-state index contributed by atoms with van der Waals surface area (Å²) in [5, 5.41) is 9.46. The van der Waals surface area contributed by atoms with Gasteiger partial charge >= 0.3 is 6.18 Å². The molecule has 0 radical (unpaired) electrons. The number of rotatable bonds is 2. The Labute approximate surface area is 160 Å². The maximum absolute atomic E-state index is 13.0. The van der Waals surface area contributed by atoms with Gasteiger partial charge in [-0.15, -0.1) is 21.5 Å². The van der Waals surface area contributed by atoms with E-state index in [1.165, 1.54) is 28.4 Å². The van der Waals surface area contributed by atoms with Crippen molar-refractivity contribution in [1.29, 1.82) is 0 Å². The van der Waals surface area contributed by atoms with Crippen LogP contribution >= 0.6 is 22.9 Å². The Morgan fingerprint density at radius 3 is 2.74 bits per heavy atom. The van der Waals surface area contributed by atoms with Crippen LogP contribution in [0.5, 0.6) is 0 Å². The molecule has 0 fully saturated rings. The summed E-state index contributed by atoms with van der Waals surface area (Å²) in [5.74, 6) is 0.576. The topological polar surface area (TPSA) is 63.9 Å². The van der Waals surface area contributed by atoms with Gasteiger partial charge in [-0.05, 0) is 12.1 Å². The molecule has 3 heterocycles. The highest BCUT2D eigenvalue weighted by Crippen LogP contribution is 2.36. The molecule has 0 atom stereocenters. The van der Waals surface area contributed by atoms with E-state index in [9.17, 15) is 18.0 Å². The van der Waals surface area contributed by atoms with Crippen LogP contribution in [-0.2, 0) is 19.3 Å². The van der Waals surface area contributed by atoms with Gasteiger partial charge < -0.3 is 9.47 Å². The number of aromatic nitrogens is 4. The second-order valence-electron chi connectivity index (χ2n) is 5.86. The largest absolute Gasteiger partial charge is 0.417 e. The van der Waals surface area contributed by atoms with Crippen LogP contribution in [-0.4, -0.2) is 37.1 Å². The number of hydrogen-bond donors (Lipinski definition) is 0. The fourth-order valence-corrected chi connectivity index (χ4v) is 3.77. The molecule has 1 amide bonds. The molecular formula is C16H11ClF3N5OS. The fourth-order valence-electron chi connectivity index (χ4n) is 2.93. The number of carbonyl (C=O) groups excluding carboxylic acids is 1. The molecule has 1 aliphatic rings. The Morgan fingerprint density at radius 1 is 1.22 bits per heavy atom. The van der Waals surface area contributed by atoms with Crippen molar-refractivity contribution in [2.45, 2.75) is 19.3 Å². The lowest BCUT2D eigenvalue weighted by Gasteiger charge is -2.28. The van der Waals surface area contributed by atoms with Crippen LogP contribution in [0.15, 0.2) is 29.1 Å². The standard InChI is InChI=1S/C16H11ClF3N5OS/c17-13-9(2-1-3-10(13)16(18,19)20)15(26)24-4-5-25-12(6-24)22-23-14(25)11-7-27-8-21-11/h1-3,7-8H,4-6H2. The predicted molar refractivity (Wildman–Crippen MR) is 92.3 cm³/mol. The van der Waals surface area contributed by atoms with Gasteiger partial charge in [-0.1, -0.05) is 17.7 Å². The number of thiazole rings is 1. The van der Waals surface area contributed by atoms with Crippen LogP contribution in [0.1, 0.15) is 21.7 Å². The zero-order valence-corrected chi connectivity index (χ0v) is 15.1. The number of hydrogen-bond acceptors (Lipinski definition) is 5. The molecule has 4 rings (SSSR count). The zero-order chi connectivity index (χ0) is 19.2. The number of halogens is 4. The van der Waals surface area contributed by atoms with Gasteiger partial charge in [0.05, 0.1) is 28.2 Å². The molecule has 3 aromatic rings. The maximum atomic E-state index is 13.0. The smallest absolute Gasteiger partial charge is 0.329 e. The highest BCUT2D eigenvalue weighted by molar-refractivity contribution is 7.07. The number of benzene rings is 1. The third-order valence-electron chi connectivity index (χ3n) is 4.24. The number of alkyl halides is 3. The minimum absolute atomic E-state index is 0.128. The van der Waals surface area contributed by atoms with Crippen LogP contribution in [0.4, 0.5) is 13.2 Å². The Bertz CT molecular complexity index is 1000. The van der Waals surface area contributed by atoms with E-state index >= 15 is 0 Å². The summed E-state index contributed by atoms with van der Waals surface area (Å²) >= 11 is 7.30. The highest BCUT2D eigenvalue weighted by Gasteiger charge is 2.36. The van der Waals surface area contributed by atoms with Crippen molar-refractivity contribution >= 4 is 28.8 Å². The first-order chi connectivity index (χ1) is 12.9. The van der Waals surface area contributed by atoms with E-state index in [1.807, 2.05) is 9.95 Å². The van der Waals surface area contributed by atoms with E-state index in [0.717, 1.165) is 6.07 Å². The minimum atomic E-state index is -4.63. The van der Waals surface area contributed by atoms with Crippen LogP contribution in [0.2, 0.25) is 5.02 Å². The molecule has 0 N–H and O–H groups in total. The van der Waals surface area contributed by atoms with Crippen LogP contribution < -0.4 is 0 Å². The normalized spacial score (nSPS) is 14.3. The fraction of sp³-hybridized carbons (Fsp3) is 0.250. The zero-order valence-electron chi connectivity index (χ0n) is 13.6. The lowest BCUT2D eigenvalue weighted by atomic mass is 10.1. The molecule has 0 saturated carbocycles. The molecule has 140 valence electrons. The SMILES string of the molecule is O=C(c1cccc(C(F)(F)F)c1Cl)N1CCn2c(nnc2-c2cscn2)C1. The van der Waals surface area contributed by atoms with Gasteiger partial charge in [0, 0.05) is 18.5 Å². The van der Waals surface area contributed by atoms with Gasteiger partial charge in [0.15, 0.2) is 11.6 Å². The first-order valence-electron chi connectivity index (χ1n) is 7.82. The van der Waals surface area contributed by atoms with E-state index in [-0.39, 0.29) is 12.1 Å². The molecule has 0 unspecified atom stereocenters. The van der Waals surface area contributed by atoms with E-state index < -0.39 is 22.7 Å². The summed E-state index contributed by atoms with van der Waals surface area (Å²) < 4.78 is 41.0. The van der Waals surface area contributed by atoms with Crippen LogP contribution in [0.3, 0.4) is 0 Å². The quantitative estimate of drug-likeness (QED) is 0.642. The summed E-state index contributed by atoms with van der Waals surface area (Å²) in [6.45, 7) is 0.841. The maximum Gasteiger partial charge on any atom is 0.417 e. The van der Waals surface area contributed by atoms with E-state index in [0.29, 0.717) is 30.4 Å². The monoisotopic (exact) mass is 413 g/mol. The lowest BCUT2D eigenvalue weighted by molar-refractivity contribution is -0.137. The van der Waals surface area contributed by atoms with Crippen molar-refractivity contribution in [2.75, 3.05) is 6.54 Å². The third kappa shape index (κ3) is 3.19. The van der Waals surface area contributed by atoms with Gasteiger partial charge in [-0.25, -0.2) is 4.98 Å². The molecule has 6 nitrogen and oxygen atoms in total. The molecule has 0 saturated heterocycles. The summed E-state index contributed by atoms with van der Waals surface area (Å²) in [6.07, 6.45) is -4.63. The van der Waals surface area contributed by atoms with Gasteiger partial charge in [-0.2, -0.15) is 13.2 Å². The van der Waals surface area contributed by atoms with Crippen LogP contribution in [0.25, 0.3) is 11.5 Å². The van der Waals surface area contributed by atoms with Crippen molar-refractivity contribution in [3.63, 3.8) is 0 Å². The van der Waals surface area contributed by atoms with Gasteiger partial charge in [0.2, 0.25) is 0 Å². The third-order valence-corrected chi connectivity index (χ3v) is 5.23. The predicted octanol–water partition coefficient (Wildman–Crippen LogP) is 3.73. The van der Waals surface area contributed by atoms with Gasteiger partial charge in [0.25, 0.3) is 5.91 Å². The highest BCUT2D eigenvalue weighted by atomic mass is 35.5. The van der Waals surface area contributed by atoms with Crippen molar-refractivity contribution in [2.24, 2.45) is 0 Å². The Balaban J connectivity index is 1.61. The Hall–Kier alpha value is -2.46. The second kappa shape index (κ2) is 6.61. The summed E-state index contributed by atoms with van der Waals surface area (Å²) in [4.78, 5) is 18.4. The van der Waals surface area contributed by atoms with E-state index in [4.69, 9.17) is 11.6 Å².